The van der Waals surface area contributed by atoms with E-state index in [1.807, 2.05) is 17.5 Å². The van der Waals surface area contributed by atoms with E-state index >= 15 is 0 Å². The van der Waals surface area contributed by atoms with Crippen LogP contribution in [0, 0.1) is 5.82 Å². The molecule has 0 bridgehead atoms. The number of nitrogens with zero attached hydrogens (tertiary/aromatic N) is 1. The SMILES string of the molecule is CCCNCc1csc(Cc2ccccc2F)n1. The minimum absolute atomic E-state index is 0.154. The first-order valence-corrected chi connectivity index (χ1v) is 7.05. The molecule has 0 spiro atoms. The lowest BCUT2D eigenvalue weighted by molar-refractivity contribution is 0.613. The van der Waals surface area contributed by atoms with Crippen molar-refractivity contribution in [1.82, 2.24) is 10.3 Å². The minimum Gasteiger partial charge on any atom is -0.311 e. The minimum atomic E-state index is -0.154. The van der Waals surface area contributed by atoms with Gasteiger partial charge in [0.2, 0.25) is 0 Å². The summed E-state index contributed by atoms with van der Waals surface area (Å²) in [5.74, 6) is -0.154. The van der Waals surface area contributed by atoms with Gasteiger partial charge in [-0.15, -0.1) is 11.3 Å². The lowest BCUT2D eigenvalue weighted by Crippen LogP contribution is -2.13. The van der Waals surface area contributed by atoms with Crippen molar-refractivity contribution >= 4 is 11.3 Å². The number of rotatable bonds is 6. The van der Waals surface area contributed by atoms with Gasteiger partial charge in [0.1, 0.15) is 5.82 Å². The standard InChI is InChI=1S/C14H17FN2S/c1-2-7-16-9-12-10-18-14(17-12)8-11-5-3-4-6-13(11)15/h3-6,10,16H,2,7-9H2,1H3. The Morgan fingerprint density at radius 3 is 2.94 bits per heavy atom. The normalized spacial score (nSPS) is 10.8. The van der Waals surface area contributed by atoms with Crippen molar-refractivity contribution in [1.29, 1.82) is 0 Å². The Morgan fingerprint density at radius 1 is 1.33 bits per heavy atom. The molecule has 0 radical (unpaired) electrons. The summed E-state index contributed by atoms with van der Waals surface area (Å²) in [5.41, 5.74) is 1.75. The van der Waals surface area contributed by atoms with Crippen LogP contribution in [-0.4, -0.2) is 11.5 Å². The molecule has 1 heterocycles. The average molecular weight is 264 g/mol. The van der Waals surface area contributed by atoms with Crippen LogP contribution in [0.2, 0.25) is 0 Å². The fourth-order valence-corrected chi connectivity index (χ4v) is 2.53. The molecule has 0 amide bonds. The highest BCUT2D eigenvalue weighted by Crippen LogP contribution is 2.16. The van der Waals surface area contributed by atoms with Crippen molar-refractivity contribution in [3.8, 4) is 0 Å². The predicted molar refractivity (Wildman–Crippen MR) is 73.3 cm³/mol. The summed E-state index contributed by atoms with van der Waals surface area (Å²) in [7, 11) is 0. The molecule has 0 aliphatic rings. The van der Waals surface area contributed by atoms with Crippen LogP contribution in [0.15, 0.2) is 29.6 Å². The number of aromatic nitrogens is 1. The second-order valence-electron chi connectivity index (χ2n) is 4.18. The molecule has 0 aliphatic carbocycles. The van der Waals surface area contributed by atoms with E-state index in [9.17, 15) is 4.39 Å². The highest BCUT2D eigenvalue weighted by atomic mass is 32.1. The molecule has 1 aromatic carbocycles. The Balaban J connectivity index is 1.96. The molecule has 0 aliphatic heterocycles. The smallest absolute Gasteiger partial charge is 0.126 e. The van der Waals surface area contributed by atoms with Crippen LogP contribution < -0.4 is 5.32 Å². The topological polar surface area (TPSA) is 24.9 Å². The Bertz CT molecular complexity index is 496. The first-order chi connectivity index (χ1) is 8.79. The van der Waals surface area contributed by atoms with Gasteiger partial charge in [0.05, 0.1) is 10.7 Å². The number of hydrogen-bond donors (Lipinski definition) is 1. The van der Waals surface area contributed by atoms with Gasteiger partial charge in [0.25, 0.3) is 0 Å². The quantitative estimate of drug-likeness (QED) is 0.809. The van der Waals surface area contributed by atoms with Crippen LogP contribution in [-0.2, 0) is 13.0 Å². The van der Waals surface area contributed by atoms with Crippen LogP contribution >= 0.6 is 11.3 Å². The zero-order valence-corrected chi connectivity index (χ0v) is 11.3. The van der Waals surface area contributed by atoms with Gasteiger partial charge >= 0.3 is 0 Å². The summed E-state index contributed by atoms with van der Waals surface area (Å²) in [6, 6.07) is 6.87. The van der Waals surface area contributed by atoms with Crippen molar-refractivity contribution in [2.75, 3.05) is 6.54 Å². The van der Waals surface area contributed by atoms with Gasteiger partial charge in [-0.3, -0.25) is 0 Å². The number of thiazole rings is 1. The van der Waals surface area contributed by atoms with Gasteiger partial charge in [-0.25, -0.2) is 9.37 Å². The molecule has 0 fully saturated rings. The summed E-state index contributed by atoms with van der Waals surface area (Å²) in [6.07, 6.45) is 1.69. The lowest BCUT2D eigenvalue weighted by Gasteiger charge is -2.00. The molecule has 18 heavy (non-hydrogen) atoms. The fraction of sp³-hybridized carbons (Fsp3) is 0.357. The van der Waals surface area contributed by atoms with E-state index in [4.69, 9.17) is 0 Å². The molecule has 0 atom stereocenters. The molecule has 0 unspecified atom stereocenters. The molecule has 2 aromatic rings. The third-order valence-electron chi connectivity index (χ3n) is 2.63. The number of nitrogens with one attached hydrogen (secondary N) is 1. The molecule has 1 N–H and O–H groups in total. The van der Waals surface area contributed by atoms with Gasteiger partial charge < -0.3 is 5.32 Å². The van der Waals surface area contributed by atoms with E-state index in [-0.39, 0.29) is 5.82 Å². The van der Waals surface area contributed by atoms with Gasteiger partial charge in [-0.2, -0.15) is 0 Å². The Kier molecular flexibility index (Phi) is 4.84. The monoisotopic (exact) mass is 264 g/mol. The Morgan fingerprint density at radius 2 is 2.17 bits per heavy atom. The molecule has 96 valence electrons. The summed E-state index contributed by atoms with van der Waals surface area (Å²) in [5, 5.41) is 6.32. The van der Waals surface area contributed by atoms with Crippen LogP contribution in [0.4, 0.5) is 4.39 Å². The van der Waals surface area contributed by atoms with E-state index in [2.05, 4.69) is 17.2 Å². The number of hydrogen-bond acceptors (Lipinski definition) is 3. The molecular formula is C14H17FN2S. The highest BCUT2D eigenvalue weighted by Gasteiger charge is 2.06. The van der Waals surface area contributed by atoms with Gasteiger partial charge in [0, 0.05) is 18.3 Å². The maximum Gasteiger partial charge on any atom is 0.126 e. The molecular weight excluding hydrogens is 247 g/mol. The molecule has 4 heteroatoms. The van der Waals surface area contributed by atoms with E-state index < -0.39 is 0 Å². The third kappa shape index (κ3) is 3.62. The van der Waals surface area contributed by atoms with E-state index in [1.165, 1.54) is 6.07 Å². The van der Waals surface area contributed by atoms with Crippen LogP contribution in [0.1, 0.15) is 29.6 Å². The average Bonchev–Trinajstić information content (AvgIpc) is 2.80. The van der Waals surface area contributed by atoms with Crippen molar-refractivity contribution in [3.63, 3.8) is 0 Å². The molecule has 0 saturated heterocycles. The second kappa shape index (κ2) is 6.61. The molecule has 2 rings (SSSR count). The summed E-state index contributed by atoms with van der Waals surface area (Å²) in [6.45, 7) is 3.93. The van der Waals surface area contributed by atoms with Crippen molar-refractivity contribution < 1.29 is 4.39 Å². The predicted octanol–water partition coefficient (Wildman–Crippen LogP) is 3.37. The van der Waals surface area contributed by atoms with Crippen LogP contribution in [0.25, 0.3) is 0 Å². The van der Waals surface area contributed by atoms with Crippen molar-refractivity contribution in [2.24, 2.45) is 0 Å². The first-order valence-electron chi connectivity index (χ1n) is 6.17. The zero-order chi connectivity index (χ0) is 12.8. The third-order valence-corrected chi connectivity index (χ3v) is 3.53. The molecule has 1 aromatic heterocycles. The molecule has 0 saturated carbocycles. The van der Waals surface area contributed by atoms with E-state index in [0.29, 0.717) is 12.0 Å². The number of halogens is 1. The Hall–Kier alpha value is -1.26. The summed E-state index contributed by atoms with van der Waals surface area (Å²) >= 11 is 1.59. The zero-order valence-electron chi connectivity index (χ0n) is 10.4. The van der Waals surface area contributed by atoms with Gasteiger partial charge in [-0.1, -0.05) is 25.1 Å². The van der Waals surface area contributed by atoms with E-state index in [0.717, 1.165) is 30.2 Å². The summed E-state index contributed by atoms with van der Waals surface area (Å²) in [4.78, 5) is 4.51. The number of benzene rings is 1. The van der Waals surface area contributed by atoms with Crippen LogP contribution in [0.3, 0.4) is 0 Å². The maximum atomic E-state index is 13.5. The fourth-order valence-electron chi connectivity index (χ4n) is 1.71. The van der Waals surface area contributed by atoms with Crippen molar-refractivity contribution in [3.05, 3.63) is 51.7 Å². The van der Waals surface area contributed by atoms with E-state index in [1.54, 1.807) is 17.4 Å². The maximum absolute atomic E-state index is 13.5. The second-order valence-corrected chi connectivity index (χ2v) is 5.12. The molecule has 2 nitrogen and oxygen atoms in total. The van der Waals surface area contributed by atoms with Gasteiger partial charge in [-0.05, 0) is 24.6 Å². The first kappa shape index (κ1) is 13.2. The largest absolute Gasteiger partial charge is 0.311 e. The highest BCUT2D eigenvalue weighted by molar-refractivity contribution is 7.09. The van der Waals surface area contributed by atoms with Gasteiger partial charge in [0.15, 0.2) is 0 Å². The lowest BCUT2D eigenvalue weighted by atomic mass is 10.1. The van der Waals surface area contributed by atoms with Crippen molar-refractivity contribution in [2.45, 2.75) is 26.3 Å². The summed E-state index contributed by atoms with van der Waals surface area (Å²) < 4.78 is 13.5. The van der Waals surface area contributed by atoms with Crippen LogP contribution in [0.5, 0.6) is 0 Å². The Labute approximate surface area is 111 Å².